The van der Waals surface area contributed by atoms with Crippen molar-refractivity contribution in [2.24, 2.45) is 0 Å². The van der Waals surface area contributed by atoms with Crippen LogP contribution in [0.2, 0.25) is 0 Å². The molecule has 0 aliphatic carbocycles. The molecule has 3 heterocycles. The molecular formula is C22H19F3N6O. The van der Waals surface area contributed by atoms with E-state index in [9.17, 15) is 18.0 Å². The Morgan fingerprint density at radius 3 is 2.62 bits per heavy atom. The van der Waals surface area contributed by atoms with E-state index in [1.165, 1.54) is 16.9 Å². The van der Waals surface area contributed by atoms with Crippen LogP contribution >= 0.6 is 0 Å². The zero-order valence-corrected chi connectivity index (χ0v) is 17.2. The second kappa shape index (κ2) is 8.29. The number of amides is 1. The van der Waals surface area contributed by atoms with E-state index in [2.05, 4.69) is 20.4 Å². The minimum absolute atomic E-state index is 0.293. The number of hydrogen-bond acceptors (Lipinski definition) is 4. The predicted molar refractivity (Wildman–Crippen MR) is 111 cm³/mol. The van der Waals surface area contributed by atoms with Gasteiger partial charge in [-0.2, -0.15) is 18.3 Å². The Balaban J connectivity index is 1.50. The standard InChI is InChI=1S/C22H19F3N6O/c1-14(29-21(32)16-6-7-20(27-11-16)30-9-8-26-13-30)19-12-28-31(15(19)2)18-5-3-4-17(10-18)22(23,24)25/h3-14H,1-2H3,(H,29,32)/t14-/m0/s1. The molecule has 1 atom stereocenters. The highest BCUT2D eigenvalue weighted by Crippen LogP contribution is 2.31. The SMILES string of the molecule is Cc1c([C@H](C)NC(=O)c2ccc(-n3ccnc3)nc2)cnn1-c1cccc(C(F)(F)F)c1. The molecule has 0 bridgehead atoms. The van der Waals surface area contributed by atoms with E-state index in [4.69, 9.17) is 0 Å². The molecular weight excluding hydrogens is 421 g/mol. The van der Waals surface area contributed by atoms with Crippen LogP contribution in [0.3, 0.4) is 0 Å². The summed E-state index contributed by atoms with van der Waals surface area (Å²) in [6.45, 7) is 3.53. The lowest BCUT2D eigenvalue weighted by molar-refractivity contribution is -0.137. The van der Waals surface area contributed by atoms with Gasteiger partial charge in [-0.1, -0.05) is 6.07 Å². The molecule has 10 heteroatoms. The molecule has 1 N–H and O–H groups in total. The van der Waals surface area contributed by atoms with Crippen LogP contribution < -0.4 is 5.32 Å². The van der Waals surface area contributed by atoms with Crippen molar-refractivity contribution in [2.45, 2.75) is 26.1 Å². The number of carbonyl (C=O) groups is 1. The summed E-state index contributed by atoms with van der Waals surface area (Å²) in [7, 11) is 0. The van der Waals surface area contributed by atoms with Gasteiger partial charge in [0.05, 0.1) is 29.1 Å². The minimum Gasteiger partial charge on any atom is -0.345 e. The lowest BCUT2D eigenvalue weighted by Gasteiger charge is -2.15. The van der Waals surface area contributed by atoms with Crippen LogP contribution in [0.4, 0.5) is 13.2 Å². The zero-order valence-electron chi connectivity index (χ0n) is 17.2. The molecule has 0 aliphatic heterocycles. The molecule has 4 aromatic rings. The van der Waals surface area contributed by atoms with Crippen molar-refractivity contribution in [3.63, 3.8) is 0 Å². The lowest BCUT2D eigenvalue weighted by Crippen LogP contribution is -2.27. The summed E-state index contributed by atoms with van der Waals surface area (Å²) in [4.78, 5) is 20.9. The Morgan fingerprint density at radius 2 is 1.97 bits per heavy atom. The van der Waals surface area contributed by atoms with Crippen LogP contribution in [-0.4, -0.2) is 30.2 Å². The van der Waals surface area contributed by atoms with Gasteiger partial charge in [-0.05, 0) is 44.2 Å². The normalized spacial score (nSPS) is 12.5. The fraction of sp³-hybridized carbons (Fsp3) is 0.182. The Labute approximate surface area is 181 Å². The minimum atomic E-state index is -4.44. The quantitative estimate of drug-likeness (QED) is 0.503. The summed E-state index contributed by atoms with van der Waals surface area (Å²) in [6, 6.07) is 7.89. The van der Waals surface area contributed by atoms with E-state index in [0.717, 1.165) is 12.1 Å². The van der Waals surface area contributed by atoms with Crippen LogP contribution in [0, 0.1) is 6.92 Å². The average molecular weight is 440 g/mol. The smallest absolute Gasteiger partial charge is 0.345 e. The third-order valence-electron chi connectivity index (χ3n) is 5.06. The summed E-state index contributed by atoms with van der Waals surface area (Å²) in [5, 5.41) is 7.10. The molecule has 0 saturated heterocycles. The van der Waals surface area contributed by atoms with Gasteiger partial charge < -0.3 is 5.32 Å². The molecule has 0 aliphatic rings. The second-order valence-electron chi connectivity index (χ2n) is 7.22. The van der Waals surface area contributed by atoms with E-state index < -0.39 is 17.8 Å². The predicted octanol–water partition coefficient (Wildman–Crippen LogP) is 4.27. The van der Waals surface area contributed by atoms with Crippen molar-refractivity contribution in [1.29, 1.82) is 0 Å². The van der Waals surface area contributed by atoms with Crippen molar-refractivity contribution in [1.82, 2.24) is 29.6 Å². The highest BCUT2D eigenvalue weighted by Gasteiger charge is 2.30. The molecule has 7 nitrogen and oxygen atoms in total. The topological polar surface area (TPSA) is 77.6 Å². The number of aromatic nitrogens is 5. The highest BCUT2D eigenvalue weighted by atomic mass is 19.4. The maximum atomic E-state index is 13.0. The number of pyridine rings is 1. The largest absolute Gasteiger partial charge is 0.416 e. The zero-order chi connectivity index (χ0) is 22.9. The van der Waals surface area contributed by atoms with Crippen molar-refractivity contribution in [3.8, 4) is 11.5 Å². The van der Waals surface area contributed by atoms with Gasteiger partial charge >= 0.3 is 6.18 Å². The van der Waals surface area contributed by atoms with Crippen LogP contribution in [-0.2, 0) is 6.18 Å². The van der Waals surface area contributed by atoms with Gasteiger partial charge in [-0.25, -0.2) is 14.6 Å². The fourth-order valence-electron chi connectivity index (χ4n) is 3.35. The Kier molecular flexibility index (Phi) is 5.52. The number of nitrogens with one attached hydrogen (secondary N) is 1. The number of hydrogen-bond donors (Lipinski definition) is 1. The Bertz CT molecular complexity index is 1230. The van der Waals surface area contributed by atoms with E-state index >= 15 is 0 Å². The van der Waals surface area contributed by atoms with Gasteiger partial charge in [-0.15, -0.1) is 0 Å². The monoisotopic (exact) mass is 440 g/mol. The van der Waals surface area contributed by atoms with Gasteiger partial charge in [0.1, 0.15) is 12.1 Å². The van der Waals surface area contributed by atoms with Crippen LogP contribution in [0.25, 0.3) is 11.5 Å². The second-order valence-corrected chi connectivity index (χ2v) is 7.22. The summed E-state index contributed by atoms with van der Waals surface area (Å²) >= 11 is 0. The molecule has 0 saturated carbocycles. The first kappa shape index (κ1) is 21.3. The van der Waals surface area contributed by atoms with Crippen molar-refractivity contribution in [2.75, 3.05) is 0 Å². The van der Waals surface area contributed by atoms with E-state index in [0.29, 0.717) is 28.3 Å². The number of alkyl halides is 3. The van der Waals surface area contributed by atoms with Gasteiger partial charge in [0.2, 0.25) is 0 Å². The van der Waals surface area contributed by atoms with Crippen LogP contribution in [0.5, 0.6) is 0 Å². The molecule has 0 unspecified atom stereocenters. The molecule has 3 aromatic heterocycles. The summed E-state index contributed by atoms with van der Waals surface area (Å²) < 4.78 is 42.3. The van der Waals surface area contributed by atoms with Gasteiger partial charge in [0.15, 0.2) is 0 Å². The third kappa shape index (κ3) is 4.25. The molecule has 0 radical (unpaired) electrons. The molecule has 4 rings (SSSR count). The summed E-state index contributed by atoms with van der Waals surface area (Å²) in [5.74, 6) is 0.304. The molecule has 1 amide bonds. The summed E-state index contributed by atoms with van der Waals surface area (Å²) in [6.07, 6.45) is 3.55. The third-order valence-corrected chi connectivity index (χ3v) is 5.06. The van der Waals surface area contributed by atoms with Crippen molar-refractivity contribution >= 4 is 5.91 Å². The Morgan fingerprint density at radius 1 is 1.16 bits per heavy atom. The summed E-state index contributed by atoms with van der Waals surface area (Å²) in [5.41, 5.74) is 1.24. The van der Waals surface area contributed by atoms with Crippen molar-refractivity contribution < 1.29 is 18.0 Å². The number of rotatable bonds is 5. The Hall–Kier alpha value is -3.95. The number of carbonyl (C=O) groups excluding carboxylic acids is 1. The molecule has 0 spiro atoms. The van der Waals surface area contributed by atoms with Gasteiger partial charge in [-0.3, -0.25) is 9.36 Å². The number of nitrogens with zero attached hydrogens (tertiary/aromatic N) is 5. The fourth-order valence-corrected chi connectivity index (χ4v) is 3.35. The van der Waals surface area contributed by atoms with Crippen LogP contribution in [0.15, 0.2) is 67.5 Å². The van der Waals surface area contributed by atoms with Gasteiger partial charge in [0, 0.05) is 29.8 Å². The lowest BCUT2D eigenvalue weighted by atomic mass is 10.1. The molecule has 164 valence electrons. The first-order chi connectivity index (χ1) is 15.2. The van der Waals surface area contributed by atoms with E-state index in [1.54, 1.807) is 61.5 Å². The van der Waals surface area contributed by atoms with Gasteiger partial charge in [0.25, 0.3) is 5.91 Å². The average Bonchev–Trinajstić information content (AvgIpc) is 3.43. The van der Waals surface area contributed by atoms with Crippen molar-refractivity contribution in [3.05, 3.63) is 89.9 Å². The molecule has 1 aromatic carbocycles. The molecule has 32 heavy (non-hydrogen) atoms. The molecule has 0 fully saturated rings. The highest BCUT2D eigenvalue weighted by molar-refractivity contribution is 5.94. The maximum absolute atomic E-state index is 13.0. The van der Waals surface area contributed by atoms with E-state index in [1.807, 2.05) is 0 Å². The maximum Gasteiger partial charge on any atom is 0.416 e. The van der Waals surface area contributed by atoms with E-state index in [-0.39, 0.29) is 5.91 Å². The number of benzene rings is 1. The number of imidazole rings is 1. The van der Waals surface area contributed by atoms with Crippen LogP contribution in [0.1, 0.15) is 40.1 Å². The number of halogens is 3. The first-order valence-electron chi connectivity index (χ1n) is 9.71. The first-order valence-corrected chi connectivity index (χ1v) is 9.71.